The van der Waals surface area contributed by atoms with E-state index in [-0.39, 0.29) is 23.4 Å². The number of benzene rings is 3. The van der Waals surface area contributed by atoms with Gasteiger partial charge in [-0.1, -0.05) is 53.8 Å². The van der Waals surface area contributed by atoms with Gasteiger partial charge in [-0.05, 0) is 43.8 Å². The quantitative estimate of drug-likeness (QED) is 0.163. The largest absolute Gasteiger partial charge is 0.497 e. The molecule has 46 heavy (non-hydrogen) atoms. The van der Waals surface area contributed by atoms with Crippen LogP contribution in [0.1, 0.15) is 29.7 Å². The third kappa shape index (κ3) is 5.96. The molecule has 3 heterocycles. The maximum Gasteiger partial charge on any atom is 0.338 e. The second-order valence-electron chi connectivity index (χ2n) is 11.0. The lowest BCUT2D eigenvalue weighted by molar-refractivity contribution is -0.384. The van der Waals surface area contributed by atoms with E-state index in [1.807, 2.05) is 36.4 Å². The molecular weight excluding hydrogens is 606 g/mol. The van der Waals surface area contributed by atoms with E-state index in [1.165, 1.54) is 28.0 Å². The van der Waals surface area contributed by atoms with Crippen LogP contribution in [-0.2, 0) is 9.53 Å². The molecule has 1 saturated heterocycles. The highest BCUT2D eigenvalue weighted by Crippen LogP contribution is 2.36. The molecule has 2 aliphatic rings. The number of thiazole rings is 1. The minimum atomic E-state index is -0.870. The van der Waals surface area contributed by atoms with Gasteiger partial charge in [0.2, 0.25) is 0 Å². The van der Waals surface area contributed by atoms with Crippen LogP contribution in [0.15, 0.2) is 88.2 Å². The normalized spacial score (nSPS) is 17.0. The molecule has 12 heteroatoms. The van der Waals surface area contributed by atoms with Crippen LogP contribution in [0.4, 0.5) is 11.4 Å². The van der Waals surface area contributed by atoms with Gasteiger partial charge in [-0.15, -0.1) is 0 Å². The first-order chi connectivity index (χ1) is 22.3. The van der Waals surface area contributed by atoms with Gasteiger partial charge in [-0.25, -0.2) is 9.79 Å². The number of nitro groups is 1. The fraction of sp³-hybridized carbons (Fsp3) is 0.265. The van der Waals surface area contributed by atoms with Gasteiger partial charge in [0.25, 0.3) is 11.2 Å². The minimum absolute atomic E-state index is 0.0675. The van der Waals surface area contributed by atoms with Crippen molar-refractivity contribution in [3.05, 3.63) is 125 Å². The number of hydrogen-bond donors (Lipinski definition) is 0. The molecule has 1 aromatic heterocycles. The van der Waals surface area contributed by atoms with Gasteiger partial charge < -0.3 is 19.3 Å². The summed E-state index contributed by atoms with van der Waals surface area (Å²) < 4.78 is 12.9. The van der Waals surface area contributed by atoms with Crippen molar-refractivity contribution in [1.29, 1.82) is 0 Å². The number of methoxy groups -OCH3 is 1. The van der Waals surface area contributed by atoms with Crippen LogP contribution in [0, 0.1) is 10.1 Å². The van der Waals surface area contributed by atoms with Gasteiger partial charge in [0.1, 0.15) is 5.75 Å². The van der Waals surface area contributed by atoms with E-state index in [9.17, 15) is 19.7 Å². The zero-order valence-corrected chi connectivity index (χ0v) is 26.5. The van der Waals surface area contributed by atoms with E-state index >= 15 is 0 Å². The van der Waals surface area contributed by atoms with Gasteiger partial charge in [-0.3, -0.25) is 19.5 Å². The molecule has 0 N–H and O–H groups in total. The van der Waals surface area contributed by atoms with Gasteiger partial charge >= 0.3 is 5.97 Å². The van der Waals surface area contributed by atoms with Gasteiger partial charge in [0, 0.05) is 55.1 Å². The summed E-state index contributed by atoms with van der Waals surface area (Å²) in [6.45, 7) is 5.05. The van der Waals surface area contributed by atoms with E-state index < -0.39 is 16.9 Å². The Morgan fingerprint density at radius 1 is 1.07 bits per heavy atom. The smallest absolute Gasteiger partial charge is 0.338 e. The molecule has 3 aromatic carbocycles. The zero-order valence-electron chi connectivity index (χ0n) is 25.7. The second kappa shape index (κ2) is 13.1. The number of piperazine rings is 1. The van der Waals surface area contributed by atoms with Crippen LogP contribution in [0.25, 0.3) is 11.8 Å². The summed E-state index contributed by atoms with van der Waals surface area (Å²) in [6.07, 6.45) is 1.70. The zero-order chi connectivity index (χ0) is 32.4. The lowest BCUT2D eigenvalue weighted by Crippen LogP contribution is -2.44. The Labute approximate surface area is 269 Å². The van der Waals surface area contributed by atoms with E-state index in [0.29, 0.717) is 37.5 Å². The maximum atomic E-state index is 14.4. The molecule has 0 amide bonds. The molecule has 0 unspecified atom stereocenters. The number of ether oxygens (including phenoxy) is 2. The number of carbonyl (C=O) groups excluding carboxylic acids is 1. The van der Waals surface area contributed by atoms with Crippen molar-refractivity contribution in [3.8, 4) is 5.75 Å². The maximum absolute atomic E-state index is 14.4. The Balaban J connectivity index is 1.61. The number of nitro benzene ring substituents is 1. The van der Waals surface area contributed by atoms with E-state index in [2.05, 4.69) is 16.8 Å². The first-order valence-electron chi connectivity index (χ1n) is 14.9. The second-order valence-corrected chi connectivity index (χ2v) is 12.0. The average molecular weight is 640 g/mol. The number of aromatic nitrogens is 1. The summed E-state index contributed by atoms with van der Waals surface area (Å²) in [7, 11) is 3.61. The fourth-order valence-corrected chi connectivity index (χ4v) is 6.81. The average Bonchev–Trinajstić information content (AvgIpc) is 3.38. The molecule has 2 aliphatic heterocycles. The van der Waals surface area contributed by atoms with Gasteiger partial charge in [0.05, 0.1) is 40.5 Å². The van der Waals surface area contributed by atoms with Crippen LogP contribution in [0.2, 0.25) is 0 Å². The molecular formula is C34H33N5O6S. The highest BCUT2D eigenvalue weighted by atomic mass is 32.1. The fourth-order valence-electron chi connectivity index (χ4n) is 5.82. The van der Waals surface area contributed by atoms with Gasteiger partial charge in [0.15, 0.2) is 4.80 Å². The Morgan fingerprint density at radius 3 is 2.52 bits per heavy atom. The number of hydrogen-bond acceptors (Lipinski definition) is 10. The highest BCUT2D eigenvalue weighted by Gasteiger charge is 2.35. The van der Waals surface area contributed by atoms with Crippen LogP contribution in [0.5, 0.6) is 5.75 Å². The molecule has 11 nitrogen and oxygen atoms in total. The lowest BCUT2D eigenvalue weighted by Gasteiger charge is -2.34. The van der Waals surface area contributed by atoms with Crippen molar-refractivity contribution in [2.24, 2.45) is 4.99 Å². The van der Waals surface area contributed by atoms with Crippen molar-refractivity contribution in [1.82, 2.24) is 9.47 Å². The molecule has 1 atom stereocenters. The van der Waals surface area contributed by atoms with Crippen LogP contribution in [-0.4, -0.2) is 67.3 Å². The Bertz CT molecular complexity index is 2010. The number of esters is 1. The summed E-state index contributed by atoms with van der Waals surface area (Å²) >= 11 is 1.17. The first-order valence-corrected chi connectivity index (χ1v) is 15.7. The highest BCUT2D eigenvalue weighted by molar-refractivity contribution is 7.07. The van der Waals surface area contributed by atoms with Crippen molar-refractivity contribution in [2.75, 3.05) is 51.8 Å². The third-order valence-corrected chi connectivity index (χ3v) is 9.12. The molecule has 6 rings (SSSR count). The predicted octanol–water partition coefficient (Wildman–Crippen LogP) is 3.60. The Kier molecular flexibility index (Phi) is 8.82. The standard InChI is InChI=1S/C34H33N5O6S/c1-4-45-33(41)29-30(22-9-6-5-7-10-22)35-34-38(31(29)23-11-8-12-26(20-23)44-3)32(40)28(46-34)21-24-19-25(39(42)43)13-14-27(24)37-17-15-36(2)16-18-37/h5-14,19-21,31H,4,15-18H2,1-3H3/b28-21+/t31-/m1/s1. The number of carbonyl (C=O) groups is 1. The van der Waals surface area contributed by atoms with E-state index in [1.54, 1.807) is 44.4 Å². The van der Waals surface area contributed by atoms with Crippen LogP contribution < -0.4 is 24.5 Å². The molecule has 0 bridgehead atoms. The number of rotatable bonds is 8. The number of nitrogens with zero attached hydrogens (tertiary/aromatic N) is 5. The minimum Gasteiger partial charge on any atom is -0.497 e. The number of likely N-dealkylation sites (N-methyl/N-ethyl adjacent to an activating group) is 1. The summed E-state index contributed by atoms with van der Waals surface area (Å²) in [5.74, 6) is -0.0160. The number of fused-ring (bicyclic) bond motifs is 1. The topological polar surface area (TPSA) is 120 Å². The summed E-state index contributed by atoms with van der Waals surface area (Å²) in [4.78, 5) is 49.1. The summed E-state index contributed by atoms with van der Waals surface area (Å²) in [5.41, 5.74) is 2.92. The Hall–Kier alpha value is -5.07. The summed E-state index contributed by atoms with van der Waals surface area (Å²) in [5, 5.41) is 11.8. The van der Waals surface area contributed by atoms with Gasteiger partial charge in [-0.2, -0.15) is 0 Å². The van der Waals surface area contributed by atoms with Crippen LogP contribution in [0.3, 0.4) is 0 Å². The van der Waals surface area contributed by atoms with Crippen LogP contribution >= 0.6 is 11.3 Å². The number of non-ortho nitro benzene ring substituents is 1. The van der Waals surface area contributed by atoms with Crippen molar-refractivity contribution in [3.63, 3.8) is 0 Å². The summed E-state index contributed by atoms with van der Waals surface area (Å²) in [6, 6.07) is 20.4. The monoisotopic (exact) mass is 639 g/mol. The number of anilines is 1. The molecule has 0 saturated carbocycles. The molecule has 4 aromatic rings. The molecule has 0 radical (unpaired) electrons. The van der Waals surface area contributed by atoms with E-state index in [0.717, 1.165) is 31.9 Å². The van der Waals surface area contributed by atoms with E-state index in [4.69, 9.17) is 14.5 Å². The predicted molar refractivity (Wildman–Crippen MR) is 177 cm³/mol. The molecule has 0 spiro atoms. The molecule has 0 aliphatic carbocycles. The lowest BCUT2D eigenvalue weighted by atomic mass is 9.93. The SMILES string of the molecule is CCOC(=O)C1=C(c2ccccc2)N=c2s/c(=C/c3cc([N+](=O)[O-])ccc3N3CCN(C)CC3)c(=O)n2[C@@H]1c1cccc(OC)c1. The first kappa shape index (κ1) is 30.9. The third-order valence-electron chi connectivity index (χ3n) is 8.14. The molecule has 236 valence electrons. The molecule has 1 fully saturated rings. The van der Waals surface area contributed by atoms with Crippen molar-refractivity contribution in [2.45, 2.75) is 13.0 Å². The Morgan fingerprint density at radius 2 is 1.83 bits per heavy atom. The van der Waals surface area contributed by atoms with Crippen molar-refractivity contribution < 1.29 is 19.2 Å². The van der Waals surface area contributed by atoms with Crippen molar-refractivity contribution >= 4 is 40.5 Å².